The first-order valence-corrected chi connectivity index (χ1v) is 9.82. The second-order valence-corrected chi connectivity index (χ2v) is 7.82. The highest BCUT2D eigenvalue weighted by atomic mass is 19.4. The Bertz CT molecular complexity index is 708. The van der Waals surface area contributed by atoms with E-state index in [1.165, 1.54) is 0 Å². The lowest BCUT2D eigenvalue weighted by atomic mass is 9.76. The van der Waals surface area contributed by atoms with Crippen molar-refractivity contribution < 1.29 is 31.1 Å². The summed E-state index contributed by atoms with van der Waals surface area (Å²) in [5, 5.41) is 0. The minimum absolute atomic E-state index is 0.0150. The van der Waals surface area contributed by atoms with E-state index in [-0.39, 0.29) is 23.5 Å². The molecule has 28 heavy (non-hydrogen) atoms. The third-order valence-corrected chi connectivity index (χ3v) is 5.93. The highest BCUT2D eigenvalue weighted by Gasteiger charge is 2.44. The van der Waals surface area contributed by atoms with Crippen molar-refractivity contribution in [2.24, 2.45) is 11.8 Å². The maximum Gasteiger partial charge on any atom is 0.449 e. The van der Waals surface area contributed by atoms with E-state index in [9.17, 15) is 26.3 Å². The Morgan fingerprint density at radius 1 is 0.964 bits per heavy atom. The average Bonchev–Trinajstić information content (AvgIpc) is 2.65. The predicted octanol–water partition coefficient (Wildman–Crippen LogP) is 7.16. The van der Waals surface area contributed by atoms with Crippen LogP contribution in [0.5, 0.6) is 0 Å². The number of rotatable bonds is 4. The fourth-order valence-electron chi connectivity index (χ4n) is 4.51. The van der Waals surface area contributed by atoms with Crippen LogP contribution in [0.2, 0.25) is 0 Å². The zero-order chi connectivity index (χ0) is 20.5. The molecule has 1 aliphatic carbocycles. The number of allylic oxidation sites excluding steroid dienone is 2. The minimum Gasteiger partial charge on any atom is -0.485 e. The normalized spacial score (nSPS) is 26.3. The van der Waals surface area contributed by atoms with Crippen molar-refractivity contribution in [3.63, 3.8) is 0 Å². The predicted molar refractivity (Wildman–Crippen MR) is 93.8 cm³/mol. The molecule has 1 atom stereocenters. The zero-order valence-electron chi connectivity index (χ0n) is 15.7. The third-order valence-electron chi connectivity index (χ3n) is 5.93. The molecule has 7 heteroatoms. The van der Waals surface area contributed by atoms with Crippen molar-refractivity contribution in [2.75, 3.05) is 0 Å². The van der Waals surface area contributed by atoms with Crippen molar-refractivity contribution in [1.29, 1.82) is 0 Å². The second kappa shape index (κ2) is 8.37. The summed E-state index contributed by atoms with van der Waals surface area (Å²) in [7, 11) is 0. The standard InChI is InChI=1S/C21H24F6O/c1-2-3-12-4-6-13(7-5-12)18-9-8-15(20(28-18)21(25,26)27)14-10-16(22)19(24)17(23)11-14/h10-13,18H,2-9H2,1H3. The molecule has 0 bridgehead atoms. The van der Waals surface area contributed by atoms with Crippen LogP contribution in [0.4, 0.5) is 26.3 Å². The van der Waals surface area contributed by atoms with E-state index < -0.39 is 35.5 Å². The molecule has 156 valence electrons. The van der Waals surface area contributed by atoms with Gasteiger partial charge in [0.05, 0.1) is 0 Å². The van der Waals surface area contributed by atoms with E-state index in [0.717, 1.165) is 38.5 Å². The second-order valence-electron chi connectivity index (χ2n) is 7.82. The summed E-state index contributed by atoms with van der Waals surface area (Å²) in [5.74, 6) is -5.25. The smallest absolute Gasteiger partial charge is 0.449 e. The van der Waals surface area contributed by atoms with Crippen molar-refractivity contribution in [2.45, 2.75) is 70.6 Å². The number of alkyl halides is 3. The van der Waals surface area contributed by atoms with Gasteiger partial charge in [0, 0.05) is 5.57 Å². The van der Waals surface area contributed by atoms with Gasteiger partial charge in [-0.2, -0.15) is 13.2 Å². The lowest BCUT2D eigenvalue weighted by Crippen LogP contribution is -2.34. The van der Waals surface area contributed by atoms with Crippen LogP contribution >= 0.6 is 0 Å². The number of hydrogen-bond acceptors (Lipinski definition) is 1. The summed E-state index contributed by atoms with van der Waals surface area (Å²) in [6.45, 7) is 2.12. The van der Waals surface area contributed by atoms with Gasteiger partial charge < -0.3 is 4.74 Å². The molecular formula is C21H24F6O. The molecule has 0 amide bonds. The first-order valence-electron chi connectivity index (χ1n) is 9.82. The minimum atomic E-state index is -4.78. The molecule has 1 saturated carbocycles. The van der Waals surface area contributed by atoms with Crippen LogP contribution in [0.1, 0.15) is 63.9 Å². The largest absolute Gasteiger partial charge is 0.485 e. The monoisotopic (exact) mass is 406 g/mol. The Morgan fingerprint density at radius 3 is 2.11 bits per heavy atom. The lowest BCUT2D eigenvalue weighted by Gasteiger charge is -2.38. The van der Waals surface area contributed by atoms with Gasteiger partial charge in [-0.25, -0.2) is 13.2 Å². The molecule has 0 aromatic heterocycles. The van der Waals surface area contributed by atoms with E-state index >= 15 is 0 Å². The molecule has 0 saturated heterocycles. The molecule has 3 rings (SSSR count). The van der Waals surface area contributed by atoms with Crippen molar-refractivity contribution in [1.82, 2.24) is 0 Å². The van der Waals surface area contributed by atoms with E-state index in [0.29, 0.717) is 24.5 Å². The van der Waals surface area contributed by atoms with Crippen LogP contribution in [0.25, 0.3) is 5.57 Å². The summed E-state index contributed by atoms with van der Waals surface area (Å²) in [4.78, 5) is 0. The fourth-order valence-corrected chi connectivity index (χ4v) is 4.51. The quantitative estimate of drug-likeness (QED) is 0.381. The van der Waals surface area contributed by atoms with Crippen molar-refractivity contribution in [3.8, 4) is 0 Å². The van der Waals surface area contributed by atoms with Crippen molar-refractivity contribution in [3.05, 3.63) is 40.9 Å². The van der Waals surface area contributed by atoms with Crippen molar-refractivity contribution >= 4 is 5.57 Å². The summed E-state index contributed by atoms with van der Waals surface area (Å²) in [6, 6.07) is 1.19. The van der Waals surface area contributed by atoms with Crippen LogP contribution in [-0.2, 0) is 4.74 Å². The highest BCUT2D eigenvalue weighted by molar-refractivity contribution is 5.69. The molecule has 1 unspecified atom stereocenters. The Hall–Kier alpha value is -1.66. The van der Waals surface area contributed by atoms with E-state index in [4.69, 9.17) is 4.74 Å². The first kappa shape index (κ1) is 21.1. The van der Waals surface area contributed by atoms with Crippen LogP contribution in [0, 0.1) is 29.3 Å². The lowest BCUT2D eigenvalue weighted by molar-refractivity contribution is -0.149. The van der Waals surface area contributed by atoms with Gasteiger partial charge in [-0.15, -0.1) is 0 Å². The van der Waals surface area contributed by atoms with Gasteiger partial charge in [-0.3, -0.25) is 0 Å². The molecule has 1 aromatic rings. The summed E-state index contributed by atoms with van der Waals surface area (Å²) >= 11 is 0. The van der Waals surface area contributed by atoms with Gasteiger partial charge in [-0.05, 0) is 55.2 Å². The molecule has 1 nitrogen and oxygen atoms in total. The van der Waals surface area contributed by atoms with Gasteiger partial charge in [0.15, 0.2) is 17.5 Å². The topological polar surface area (TPSA) is 9.23 Å². The molecule has 1 fully saturated rings. The molecule has 0 radical (unpaired) electrons. The third kappa shape index (κ3) is 4.49. The maximum atomic E-state index is 13.6. The van der Waals surface area contributed by atoms with Crippen LogP contribution < -0.4 is 0 Å². The van der Waals surface area contributed by atoms with Gasteiger partial charge in [0.25, 0.3) is 0 Å². The molecule has 1 heterocycles. The van der Waals surface area contributed by atoms with Gasteiger partial charge >= 0.3 is 6.18 Å². The molecule has 2 aliphatic rings. The summed E-state index contributed by atoms with van der Waals surface area (Å²) < 4.78 is 86.5. The first-order chi connectivity index (χ1) is 13.2. The fraction of sp³-hybridized carbons (Fsp3) is 0.619. The van der Waals surface area contributed by atoms with Gasteiger partial charge in [0.1, 0.15) is 6.10 Å². The van der Waals surface area contributed by atoms with E-state index in [1.54, 1.807) is 0 Å². The van der Waals surface area contributed by atoms with Gasteiger partial charge in [-0.1, -0.05) is 32.6 Å². The van der Waals surface area contributed by atoms with Crippen LogP contribution in [0.3, 0.4) is 0 Å². The Balaban J connectivity index is 1.83. The maximum absolute atomic E-state index is 13.6. The Kier molecular flexibility index (Phi) is 6.30. The summed E-state index contributed by atoms with van der Waals surface area (Å²) in [5.41, 5.74) is -0.643. The SMILES string of the molecule is CCCC1CCC(C2CCC(c3cc(F)c(F)c(F)c3)=C(C(F)(F)F)O2)CC1. The Labute approximate surface area is 160 Å². The van der Waals surface area contributed by atoms with Crippen LogP contribution in [-0.4, -0.2) is 12.3 Å². The Morgan fingerprint density at radius 2 is 1.57 bits per heavy atom. The average molecular weight is 406 g/mol. The highest BCUT2D eigenvalue weighted by Crippen LogP contribution is 2.45. The number of halogens is 6. The molecule has 0 N–H and O–H groups in total. The van der Waals surface area contributed by atoms with E-state index in [1.807, 2.05) is 0 Å². The van der Waals surface area contributed by atoms with Gasteiger partial charge in [0.2, 0.25) is 5.76 Å². The van der Waals surface area contributed by atoms with Crippen LogP contribution in [0.15, 0.2) is 17.9 Å². The van der Waals surface area contributed by atoms with E-state index in [2.05, 4.69) is 6.92 Å². The molecule has 0 spiro atoms. The number of ether oxygens (including phenoxy) is 1. The number of benzene rings is 1. The summed E-state index contributed by atoms with van der Waals surface area (Å²) in [6.07, 6.45) is 0.868. The molecule has 1 aromatic carbocycles. The zero-order valence-corrected chi connectivity index (χ0v) is 15.7. The number of hydrogen-bond donors (Lipinski definition) is 0. The molecule has 1 aliphatic heterocycles. The molecular weight excluding hydrogens is 382 g/mol.